The van der Waals surface area contributed by atoms with Crippen molar-refractivity contribution >= 4 is 0 Å². The summed E-state index contributed by atoms with van der Waals surface area (Å²) in [4.78, 5) is 0. The minimum atomic E-state index is 0.0325. The van der Waals surface area contributed by atoms with Gasteiger partial charge in [-0.2, -0.15) is 0 Å². The van der Waals surface area contributed by atoms with Crippen molar-refractivity contribution in [2.75, 3.05) is 0 Å². The molecule has 0 aromatic heterocycles. The van der Waals surface area contributed by atoms with Crippen molar-refractivity contribution in [3.05, 3.63) is 64.1 Å². The summed E-state index contributed by atoms with van der Waals surface area (Å²) in [5, 5.41) is 0. The molecular formula is C18H23. The van der Waals surface area contributed by atoms with Crippen molar-refractivity contribution in [1.82, 2.24) is 0 Å². The third-order valence-electron chi connectivity index (χ3n) is 3.73. The number of benzene rings is 1. The van der Waals surface area contributed by atoms with Crippen molar-refractivity contribution in [2.24, 2.45) is 0 Å². The van der Waals surface area contributed by atoms with Crippen LogP contribution in [-0.2, 0) is 5.41 Å². The van der Waals surface area contributed by atoms with Gasteiger partial charge in [0, 0.05) is 11.8 Å². The molecule has 1 aliphatic carbocycles. The van der Waals surface area contributed by atoms with Gasteiger partial charge in [-0.15, -0.1) is 0 Å². The molecule has 18 heavy (non-hydrogen) atoms. The van der Waals surface area contributed by atoms with Crippen LogP contribution in [0, 0.1) is 27.2 Å². The molecule has 1 aromatic carbocycles. The predicted molar refractivity (Wildman–Crippen MR) is 79.8 cm³/mol. The molecule has 0 bridgehead atoms. The van der Waals surface area contributed by atoms with Crippen molar-refractivity contribution in [3.63, 3.8) is 0 Å². The van der Waals surface area contributed by atoms with Gasteiger partial charge in [0.15, 0.2) is 0 Å². The van der Waals surface area contributed by atoms with Crippen LogP contribution in [0.2, 0.25) is 0 Å². The molecule has 0 fully saturated rings. The van der Waals surface area contributed by atoms with Gasteiger partial charge in [0.25, 0.3) is 0 Å². The maximum absolute atomic E-state index is 2.38. The van der Waals surface area contributed by atoms with Gasteiger partial charge in [-0.05, 0) is 51.3 Å². The van der Waals surface area contributed by atoms with E-state index in [9.17, 15) is 0 Å². The summed E-state index contributed by atoms with van der Waals surface area (Å²) in [6.45, 7) is 13.3. The fraction of sp³-hybridized carbons (Fsp3) is 0.389. The molecule has 2 rings (SSSR count). The van der Waals surface area contributed by atoms with Crippen LogP contribution >= 0.6 is 0 Å². The molecule has 0 heteroatoms. The number of allylic oxidation sites excluding steroid dienone is 4. The van der Waals surface area contributed by atoms with Crippen LogP contribution < -0.4 is 0 Å². The lowest BCUT2D eigenvalue weighted by atomic mass is 9.70. The van der Waals surface area contributed by atoms with Gasteiger partial charge in [-0.1, -0.05) is 47.9 Å². The van der Waals surface area contributed by atoms with Crippen LogP contribution in [-0.4, -0.2) is 0 Å². The fourth-order valence-corrected chi connectivity index (χ4v) is 3.60. The Balaban J connectivity index is 2.59. The maximum Gasteiger partial charge on any atom is 0.0186 e. The minimum Gasteiger partial charge on any atom is -0.0706 e. The zero-order valence-corrected chi connectivity index (χ0v) is 12.4. The highest BCUT2D eigenvalue weighted by Gasteiger charge is 2.30. The summed E-state index contributed by atoms with van der Waals surface area (Å²) in [7, 11) is 0. The van der Waals surface area contributed by atoms with Gasteiger partial charge in [-0.3, -0.25) is 0 Å². The van der Waals surface area contributed by atoms with Gasteiger partial charge in [0.2, 0.25) is 0 Å². The maximum atomic E-state index is 2.38. The van der Waals surface area contributed by atoms with E-state index in [4.69, 9.17) is 0 Å². The zero-order chi connectivity index (χ0) is 13.5. The van der Waals surface area contributed by atoms with E-state index in [-0.39, 0.29) is 5.41 Å². The quantitative estimate of drug-likeness (QED) is 0.648. The topological polar surface area (TPSA) is 0 Å². The van der Waals surface area contributed by atoms with Gasteiger partial charge in [0.1, 0.15) is 0 Å². The molecule has 0 heterocycles. The molecule has 0 saturated carbocycles. The highest BCUT2D eigenvalue weighted by molar-refractivity contribution is 5.52. The van der Waals surface area contributed by atoms with E-state index in [1.165, 1.54) is 33.4 Å². The molecule has 0 spiro atoms. The molecular weight excluding hydrogens is 216 g/mol. The molecule has 0 nitrogen and oxygen atoms in total. The third kappa shape index (κ3) is 2.29. The number of hydrogen-bond acceptors (Lipinski definition) is 0. The van der Waals surface area contributed by atoms with Crippen LogP contribution in [0.3, 0.4) is 0 Å². The Morgan fingerprint density at radius 3 is 1.89 bits per heavy atom. The van der Waals surface area contributed by atoms with E-state index in [1.54, 1.807) is 0 Å². The Kier molecular flexibility index (Phi) is 3.23. The summed E-state index contributed by atoms with van der Waals surface area (Å²) >= 11 is 0. The summed E-state index contributed by atoms with van der Waals surface area (Å²) in [5.74, 6) is 0. The highest BCUT2D eigenvalue weighted by atomic mass is 14.3. The molecule has 1 atom stereocenters. The average molecular weight is 239 g/mol. The van der Waals surface area contributed by atoms with Gasteiger partial charge in [-0.25, -0.2) is 0 Å². The van der Waals surface area contributed by atoms with Gasteiger partial charge < -0.3 is 0 Å². The molecule has 0 saturated heterocycles. The Morgan fingerprint density at radius 2 is 1.39 bits per heavy atom. The van der Waals surface area contributed by atoms with Crippen molar-refractivity contribution < 1.29 is 0 Å². The molecule has 1 aliphatic rings. The zero-order valence-electron chi connectivity index (χ0n) is 12.4. The smallest absolute Gasteiger partial charge is 0.0186 e. The Bertz CT molecular complexity index is 520. The first kappa shape index (κ1) is 13.1. The molecule has 0 N–H and O–H groups in total. The van der Waals surface area contributed by atoms with Crippen molar-refractivity contribution in [3.8, 4) is 0 Å². The second-order valence-electron chi connectivity index (χ2n) is 5.98. The lowest BCUT2D eigenvalue weighted by Gasteiger charge is -2.33. The monoisotopic (exact) mass is 239 g/mol. The van der Waals surface area contributed by atoms with Crippen LogP contribution in [0.4, 0.5) is 0 Å². The Hall–Kier alpha value is -1.30. The van der Waals surface area contributed by atoms with Crippen molar-refractivity contribution in [2.45, 2.75) is 47.0 Å². The minimum absolute atomic E-state index is 0.0325. The second kappa shape index (κ2) is 4.42. The van der Waals surface area contributed by atoms with Crippen LogP contribution in [0.15, 0.2) is 35.4 Å². The summed E-state index contributed by atoms with van der Waals surface area (Å²) in [6.07, 6.45) is 7.01. The molecule has 1 aromatic rings. The van der Waals surface area contributed by atoms with E-state index in [0.29, 0.717) is 0 Å². The van der Waals surface area contributed by atoms with E-state index < -0.39 is 0 Å². The first-order chi connectivity index (χ1) is 8.32. The number of rotatable bonds is 1. The normalized spacial score (nSPS) is 23.7. The average Bonchev–Trinajstić information content (AvgIpc) is 2.11. The number of hydrogen-bond donors (Lipinski definition) is 0. The Labute approximate surface area is 111 Å². The largest absolute Gasteiger partial charge is 0.0706 e. The SMILES string of the molecule is CC1=CC(C)=CC(C)(c2c(C)cc(C)cc2C)[CH]1. The van der Waals surface area contributed by atoms with E-state index in [0.717, 1.165) is 0 Å². The molecule has 0 aliphatic heterocycles. The summed E-state index contributed by atoms with van der Waals surface area (Å²) in [5.41, 5.74) is 8.34. The highest BCUT2D eigenvalue weighted by Crippen LogP contribution is 2.39. The first-order valence-corrected chi connectivity index (χ1v) is 6.64. The van der Waals surface area contributed by atoms with E-state index in [2.05, 4.69) is 72.2 Å². The predicted octanol–water partition coefficient (Wildman–Crippen LogP) is 4.98. The van der Waals surface area contributed by atoms with Crippen LogP contribution in [0.25, 0.3) is 0 Å². The molecule has 1 radical (unpaired) electrons. The lowest BCUT2D eigenvalue weighted by Crippen LogP contribution is -2.25. The molecule has 1 unspecified atom stereocenters. The van der Waals surface area contributed by atoms with Gasteiger partial charge >= 0.3 is 0 Å². The third-order valence-corrected chi connectivity index (χ3v) is 3.73. The Morgan fingerprint density at radius 1 is 0.833 bits per heavy atom. The standard InChI is InChI=1S/C18H23/c1-12-8-15(4)17(16(5)9-12)18(6)10-13(2)7-14(3)11-18/h7-11H,1-6H3. The van der Waals surface area contributed by atoms with E-state index in [1.807, 2.05) is 0 Å². The van der Waals surface area contributed by atoms with E-state index >= 15 is 0 Å². The fourth-order valence-electron chi connectivity index (χ4n) is 3.60. The first-order valence-electron chi connectivity index (χ1n) is 6.64. The second-order valence-corrected chi connectivity index (χ2v) is 5.98. The van der Waals surface area contributed by atoms with Crippen LogP contribution in [0.1, 0.15) is 43.0 Å². The summed E-state index contributed by atoms with van der Waals surface area (Å²) in [6, 6.07) is 4.58. The van der Waals surface area contributed by atoms with Crippen molar-refractivity contribution in [1.29, 1.82) is 0 Å². The summed E-state index contributed by atoms with van der Waals surface area (Å²) < 4.78 is 0. The van der Waals surface area contributed by atoms with Crippen LogP contribution in [0.5, 0.6) is 0 Å². The number of aryl methyl sites for hydroxylation is 3. The molecule has 95 valence electrons. The molecule has 0 amide bonds. The van der Waals surface area contributed by atoms with Gasteiger partial charge in [0.05, 0.1) is 0 Å². The lowest BCUT2D eigenvalue weighted by molar-refractivity contribution is 0.679.